The van der Waals surface area contributed by atoms with Gasteiger partial charge in [0.15, 0.2) is 0 Å². The van der Waals surface area contributed by atoms with Gasteiger partial charge in [0.25, 0.3) is 10.0 Å². The second-order valence-electron chi connectivity index (χ2n) is 8.40. The monoisotopic (exact) mass is 559 g/mol. The van der Waals surface area contributed by atoms with Crippen molar-refractivity contribution in [3.05, 3.63) is 107 Å². The number of ether oxygens (including phenoxy) is 1. The Morgan fingerprint density at radius 2 is 1.78 bits per heavy atom. The number of hydrogen-bond acceptors (Lipinski definition) is 5. The molecule has 0 amide bonds. The summed E-state index contributed by atoms with van der Waals surface area (Å²) in [5.74, 6) is 0.574. The van der Waals surface area contributed by atoms with Crippen LogP contribution in [0.25, 0.3) is 0 Å². The number of rotatable bonds is 11. The molecule has 4 aromatic rings. The molecule has 0 fully saturated rings. The minimum Gasteiger partial charge on any atom is -0.493 e. The van der Waals surface area contributed by atoms with E-state index in [2.05, 4.69) is 4.98 Å². The largest absolute Gasteiger partial charge is 0.493 e. The van der Waals surface area contributed by atoms with Crippen molar-refractivity contribution in [1.82, 2.24) is 9.55 Å². The van der Waals surface area contributed by atoms with E-state index in [9.17, 15) is 13.5 Å². The smallest absolute Gasteiger partial charge is 0.264 e. The van der Waals surface area contributed by atoms with Gasteiger partial charge in [-0.3, -0.25) is 4.31 Å². The Labute approximate surface area is 226 Å². The van der Waals surface area contributed by atoms with Gasteiger partial charge in [-0.15, -0.1) is 0 Å². The summed E-state index contributed by atoms with van der Waals surface area (Å²) in [6, 6.07) is 17.4. The number of para-hydroxylation sites is 1. The maximum Gasteiger partial charge on any atom is 0.264 e. The molecule has 37 heavy (non-hydrogen) atoms. The number of aryl methyl sites for hydroxylation is 1. The van der Waals surface area contributed by atoms with Crippen LogP contribution in [0.15, 0.2) is 90.3 Å². The molecule has 3 aromatic carbocycles. The zero-order valence-corrected chi connectivity index (χ0v) is 22.5. The number of nitrogens with zero attached hydrogens (tertiary/aromatic N) is 3. The summed E-state index contributed by atoms with van der Waals surface area (Å²) in [6.07, 6.45) is 6.11. The number of benzene rings is 3. The van der Waals surface area contributed by atoms with Crippen LogP contribution in [-0.2, 0) is 23.2 Å². The third-order valence-electron chi connectivity index (χ3n) is 5.92. The van der Waals surface area contributed by atoms with E-state index in [-0.39, 0.29) is 17.2 Å². The van der Waals surface area contributed by atoms with Crippen molar-refractivity contribution < 1.29 is 18.3 Å². The van der Waals surface area contributed by atoms with E-state index in [0.29, 0.717) is 33.5 Å². The number of aliphatic hydroxyl groups is 1. The molecule has 0 radical (unpaired) electrons. The highest BCUT2D eigenvalue weighted by atomic mass is 35.5. The molecule has 10 heteroatoms. The zero-order valence-electron chi connectivity index (χ0n) is 20.2. The first-order valence-electron chi connectivity index (χ1n) is 11.7. The van der Waals surface area contributed by atoms with Gasteiger partial charge in [0.05, 0.1) is 36.2 Å². The number of aliphatic hydroxyl groups excluding tert-OH is 1. The van der Waals surface area contributed by atoms with Crippen LogP contribution in [-0.4, -0.2) is 29.7 Å². The van der Waals surface area contributed by atoms with Crippen LogP contribution >= 0.6 is 23.2 Å². The molecule has 7 nitrogen and oxygen atoms in total. The Balaban J connectivity index is 1.72. The summed E-state index contributed by atoms with van der Waals surface area (Å²) in [4.78, 5) is 4.10. The number of hydrogen-bond donors (Lipinski definition) is 1. The summed E-state index contributed by atoms with van der Waals surface area (Å²) in [6.45, 7) is 2.60. The van der Waals surface area contributed by atoms with Crippen LogP contribution in [0.4, 0.5) is 5.69 Å². The number of sulfonamides is 1. The normalized spacial score (nSPS) is 12.3. The molecule has 1 unspecified atom stereocenters. The molecule has 0 bridgehead atoms. The average molecular weight is 561 g/mol. The summed E-state index contributed by atoms with van der Waals surface area (Å²) < 4.78 is 37.5. The van der Waals surface area contributed by atoms with Crippen LogP contribution in [0.5, 0.6) is 5.75 Å². The standard InChI is InChI=1S/C27H27Cl2N3O4S/c1-20(25-5-2-3-6-27(25)36-16-4-14-31-15-13-30-19-31)32(26-17-23(29)8-7-21(26)18-33)37(34,35)24-11-9-22(28)10-12-24/h2-3,5-13,15,17,19-20,33H,4,14,16,18H2,1H3. The highest BCUT2D eigenvalue weighted by molar-refractivity contribution is 7.92. The Morgan fingerprint density at radius 3 is 2.49 bits per heavy atom. The van der Waals surface area contributed by atoms with Gasteiger partial charge in [0.2, 0.25) is 0 Å². The molecule has 1 aromatic heterocycles. The average Bonchev–Trinajstić information content (AvgIpc) is 3.41. The highest BCUT2D eigenvalue weighted by Gasteiger charge is 2.33. The molecule has 0 spiro atoms. The van der Waals surface area contributed by atoms with E-state index in [4.69, 9.17) is 27.9 Å². The molecule has 1 N–H and O–H groups in total. The summed E-state index contributed by atoms with van der Waals surface area (Å²) >= 11 is 12.3. The van der Waals surface area contributed by atoms with Crippen LogP contribution in [0.1, 0.15) is 30.5 Å². The first kappa shape index (κ1) is 27.0. The molecule has 1 atom stereocenters. The zero-order chi connectivity index (χ0) is 26.4. The first-order valence-corrected chi connectivity index (χ1v) is 13.9. The molecule has 4 rings (SSSR count). The summed E-state index contributed by atoms with van der Waals surface area (Å²) in [7, 11) is -4.10. The minimum atomic E-state index is -4.10. The first-order chi connectivity index (χ1) is 17.8. The highest BCUT2D eigenvalue weighted by Crippen LogP contribution is 2.39. The molecule has 194 valence electrons. The Hall–Kier alpha value is -3.04. The van der Waals surface area contributed by atoms with E-state index in [1.807, 2.05) is 35.0 Å². The van der Waals surface area contributed by atoms with Gasteiger partial charge in [-0.05, 0) is 55.8 Å². The number of aromatic nitrogens is 2. The Morgan fingerprint density at radius 1 is 1.05 bits per heavy atom. The van der Waals surface area contributed by atoms with Gasteiger partial charge in [-0.1, -0.05) is 47.5 Å². The third kappa shape index (κ3) is 6.27. The maximum absolute atomic E-state index is 14.1. The lowest BCUT2D eigenvalue weighted by Crippen LogP contribution is -2.34. The van der Waals surface area contributed by atoms with Crippen molar-refractivity contribution in [3.8, 4) is 5.75 Å². The molecule has 0 aliphatic rings. The van der Waals surface area contributed by atoms with Gasteiger partial charge < -0.3 is 14.4 Å². The van der Waals surface area contributed by atoms with Crippen molar-refractivity contribution in [2.24, 2.45) is 0 Å². The minimum absolute atomic E-state index is 0.0614. The lowest BCUT2D eigenvalue weighted by Gasteiger charge is -2.33. The predicted molar refractivity (Wildman–Crippen MR) is 146 cm³/mol. The van der Waals surface area contributed by atoms with Crippen molar-refractivity contribution in [1.29, 1.82) is 0 Å². The van der Waals surface area contributed by atoms with Crippen molar-refractivity contribution in [3.63, 3.8) is 0 Å². The molecular weight excluding hydrogens is 533 g/mol. The topological polar surface area (TPSA) is 84.7 Å². The molecule has 0 saturated carbocycles. The Bertz CT molecular complexity index is 1430. The van der Waals surface area contributed by atoms with Crippen LogP contribution in [0, 0.1) is 0 Å². The summed E-state index contributed by atoms with van der Waals surface area (Å²) in [5, 5.41) is 10.8. The van der Waals surface area contributed by atoms with E-state index >= 15 is 0 Å². The molecule has 0 aliphatic heterocycles. The second kappa shape index (κ2) is 12.0. The van der Waals surface area contributed by atoms with Crippen molar-refractivity contribution in [2.45, 2.75) is 37.4 Å². The maximum atomic E-state index is 14.1. The molecule has 1 heterocycles. The van der Waals surface area contributed by atoms with E-state index in [1.165, 1.54) is 28.6 Å². The van der Waals surface area contributed by atoms with Crippen molar-refractivity contribution >= 4 is 38.9 Å². The van der Waals surface area contributed by atoms with E-state index in [0.717, 1.165) is 13.0 Å². The lowest BCUT2D eigenvalue weighted by atomic mass is 10.1. The molecular formula is C27H27Cl2N3O4S. The van der Waals surface area contributed by atoms with E-state index < -0.39 is 16.1 Å². The number of anilines is 1. The fourth-order valence-electron chi connectivity index (χ4n) is 4.07. The number of imidazole rings is 1. The van der Waals surface area contributed by atoms with Gasteiger partial charge in [-0.25, -0.2) is 13.4 Å². The summed E-state index contributed by atoms with van der Waals surface area (Å²) in [5.41, 5.74) is 1.38. The second-order valence-corrected chi connectivity index (χ2v) is 11.1. The predicted octanol–water partition coefficient (Wildman–Crippen LogP) is 6.11. The van der Waals surface area contributed by atoms with E-state index in [1.54, 1.807) is 37.6 Å². The molecule has 0 saturated heterocycles. The van der Waals surface area contributed by atoms with Gasteiger partial charge in [-0.2, -0.15) is 0 Å². The number of halogens is 2. The fourth-order valence-corrected chi connectivity index (χ4v) is 6.03. The van der Waals surface area contributed by atoms with Gasteiger partial charge in [0.1, 0.15) is 5.75 Å². The van der Waals surface area contributed by atoms with Gasteiger partial charge >= 0.3 is 0 Å². The SMILES string of the molecule is CC(c1ccccc1OCCCn1ccnc1)N(c1cc(Cl)ccc1CO)S(=O)(=O)c1ccc(Cl)cc1. The van der Waals surface area contributed by atoms with Crippen LogP contribution in [0.3, 0.4) is 0 Å². The quantitative estimate of drug-likeness (QED) is 0.224. The van der Waals surface area contributed by atoms with Crippen molar-refractivity contribution in [2.75, 3.05) is 10.9 Å². The molecule has 0 aliphatic carbocycles. The van der Waals surface area contributed by atoms with Gasteiger partial charge in [0, 0.05) is 40.1 Å². The van der Waals surface area contributed by atoms with Crippen LogP contribution in [0.2, 0.25) is 10.0 Å². The van der Waals surface area contributed by atoms with Crippen LogP contribution < -0.4 is 9.04 Å². The Kier molecular flexibility index (Phi) is 8.76. The third-order valence-corrected chi connectivity index (χ3v) is 8.31. The fraction of sp³-hybridized carbons (Fsp3) is 0.222. The lowest BCUT2D eigenvalue weighted by molar-refractivity contribution is 0.282.